The molecule has 152 valence electrons. The second-order valence-electron chi connectivity index (χ2n) is 7.25. The molecule has 0 unspecified atom stereocenters. The van der Waals surface area contributed by atoms with E-state index < -0.39 is 17.2 Å². The van der Waals surface area contributed by atoms with Crippen LogP contribution in [0.3, 0.4) is 0 Å². The third-order valence-corrected chi connectivity index (χ3v) is 6.72. The Labute approximate surface area is 165 Å². The normalized spacial score (nSPS) is 23.0. The van der Waals surface area contributed by atoms with Crippen LogP contribution in [-0.4, -0.2) is 47.7 Å². The maximum Gasteiger partial charge on any atom is 0.261 e. The fourth-order valence-electron chi connectivity index (χ4n) is 3.59. The van der Waals surface area contributed by atoms with Gasteiger partial charge in [0.2, 0.25) is 0 Å². The van der Waals surface area contributed by atoms with Crippen molar-refractivity contribution in [1.82, 2.24) is 9.97 Å². The number of nitrogens with one attached hydrogen (secondary N) is 2. The number of thioether (sulfide) groups is 1. The minimum atomic E-state index is -1.17. The zero-order valence-corrected chi connectivity index (χ0v) is 16.4. The second kappa shape index (κ2) is 8.34. The van der Waals surface area contributed by atoms with Crippen LogP contribution in [0.15, 0.2) is 10.9 Å². The molecule has 2 aromatic rings. The summed E-state index contributed by atoms with van der Waals surface area (Å²) in [5.74, 6) is -1.24. The van der Waals surface area contributed by atoms with Crippen molar-refractivity contribution in [2.75, 3.05) is 25.6 Å². The van der Waals surface area contributed by atoms with Gasteiger partial charge in [-0.2, -0.15) is 11.8 Å². The molecule has 1 aromatic carbocycles. The lowest BCUT2D eigenvalue weighted by Gasteiger charge is -2.35. The summed E-state index contributed by atoms with van der Waals surface area (Å²) in [5, 5.41) is 3.11. The van der Waals surface area contributed by atoms with Crippen molar-refractivity contribution in [3.05, 3.63) is 33.9 Å². The number of rotatable bonds is 6. The molecule has 4 rings (SSSR count). The second-order valence-corrected chi connectivity index (χ2v) is 8.54. The Morgan fingerprint density at radius 1 is 1.32 bits per heavy atom. The molecule has 1 saturated carbocycles. The summed E-state index contributed by atoms with van der Waals surface area (Å²) in [7, 11) is 1.63. The number of hydrogen-bond donors (Lipinski definition) is 2. The fraction of sp³-hybridized carbons (Fsp3) is 0.579. The molecule has 1 aromatic heterocycles. The zero-order valence-electron chi connectivity index (χ0n) is 15.6. The van der Waals surface area contributed by atoms with Crippen LogP contribution in [0.5, 0.6) is 0 Å². The lowest BCUT2D eigenvalue weighted by molar-refractivity contribution is 0.0328. The minimum absolute atomic E-state index is 0.0156. The molecular formula is C19H23F2N3O3S. The summed E-state index contributed by atoms with van der Waals surface area (Å²) in [6.45, 7) is 1.48. The molecule has 0 atom stereocenters. The van der Waals surface area contributed by atoms with Crippen molar-refractivity contribution in [3.63, 3.8) is 0 Å². The van der Waals surface area contributed by atoms with E-state index in [-0.39, 0.29) is 28.7 Å². The number of aromatic amines is 1. The molecule has 9 heteroatoms. The van der Waals surface area contributed by atoms with Gasteiger partial charge >= 0.3 is 0 Å². The molecule has 2 heterocycles. The number of anilines is 1. The molecule has 1 saturated heterocycles. The first-order chi connectivity index (χ1) is 13.5. The SMILES string of the molecule is COC1CC(Nc2cc3nc(CSC4CCOCC4)[nH]c(=O)c3c(F)c2F)C1. The molecule has 0 amide bonds. The standard InChI is InChI=1S/C19H23F2N3O3S/c1-26-11-6-10(7-11)22-14-8-13-16(18(21)17(14)20)19(25)24-15(23-13)9-28-12-2-4-27-5-3-12/h8,10-12,22H,2-7,9H2,1H3,(H,23,24,25). The van der Waals surface area contributed by atoms with E-state index in [0.29, 0.717) is 16.8 Å². The van der Waals surface area contributed by atoms with Crippen LogP contribution in [0.4, 0.5) is 14.5 Å². The van der Waals surface area contributed by atoms with Crippen molar-refractivity contribution in [2.24, 2.45) is 0 Å². The average molecular weight is 411 g/mol. The Balaban J connectivity index is 1.56. The number of fused-ring (bicyclic) bond motifs is 1. The van der Waals surface area contributed by atoms with Gasteiger partial charge in [-0.05, 0) is 31.7 Å². The molecule has 0 radical (unpaired) electrons. The van der Waals surface area contributed by atoms with Gasteiger partial charge in [-0.15, -0.1) is 0 Å². The van der Waals surface area contributed by atoms with Crippen LogP contribution in [0.2, 0.25) is 0 Å². The molecule has 2 aliphatic rings. The van der Waals surface area contributed by atoms with Gasteiger partial charge in [0.25, 0.3) is 5.56 Å². The summed E-state index contributed by atoms with van der Waals surface area (Å²) in [5.41, 5.74) is -0.459. The van der Waals surface area contributed by atoms with Crippen molar-refractivity contribution in [2.45, 2.75) is 48.8 Å². The van der Waals surface area contributed by atoms with Crippen LogP contribution < -0.4 is 10.9 Å². The largest absolute Gasteiger partial charge is 0.381 e. The summed E-state index contributed by atoms with van der Waals surface area (Å²) < 4.78 is 39.5. The molecule has 0 spiro atoms. The molecule has 2 fully saturated rings. The first-order valence-electron chi connectivity index (χ1n) is 9.44. The highest BCUT2D eigenvalue weighted by atomic mass is 32.2. The Morgan fingerprint density at radius 3 is 2.79 bits per heavy atom. The van der Waals surface area contributed by atoms with Gasteiger partial charge in [-0.3, -0.25) is 4.79 Å². The maximum atomic E-state index is 14.5. The average Bonchev–Trinajstić information content (AvgIpc) is 2.66. The summed E-state index contributed by atoms with van der Waals surface area (Å²) in [6, 6.07) is 1.44. The van der Waals surface area contributed by atoms with E-state index in [0.717, 1.165) is 38.9 Å². The lowest BCUT2D eigenvalue weighted by atomic mass is 9.89. The number of ether oxygens (including phenoxy) is 2. The Bertz CT molecular complexity index is 911. The molecule has 0 bridgehead atoms. The van der Waals surface area contributed by atoms with Gasteiger partial charge in [-0.25, -0.2) is 13.8 Å². The number of nitrogens with zero attached hydrogens (tertiary/aromatic N) is 1. The van der Waals surface area contributed by atoms with E-state index in [2.05, 4.69) is 15.3 Å². The van der Waals surface area contributed by atoms with E-state index >= 15 is 0 Å². The first-order valence-corrected chi connectivity index (χ1v) is 10.5. The van der Waals surface area contributed by atoms with Crippen LogP contribution in [0.25, 0.3) is 10.9 Å². The van der Waals surface area contributed by atoms with Crippen molar-refractivity contribution in [3.8, 4) is 0 Å². The Kier molecular flexibility index (Phi) is 5.84. The van der Waals surface area contributed by atoms with Crippen LogP contribution in [0.1, 0.15) is 31.5 Å². The Hall–Kier alpha value is -1.71. The predicted octanol–water partition coefficient (Wildman–Crippen LogP) is 3.20. The van der Waals surface area contributed by atoms with Crippen molar-refractivity contribution >= 4 is 28.4 Å². The summed E-state index contributed by atoms with van der Waals surface area (Å²) >= 11 is 1.70. The smallest absolute Gasteiger partial charge is 0.261 e. The Morgan fingerprint density at radius 2 is 2.07 bits per heavy atom. The van der Waals surface area contributed by atoms with Gasteiger partial charge in [0.15, 0.2) is 11.6 Å². The third-order valence-electron chi connectivity index (χ3n) is 5.34. The predicted molar refractivity (Wildman–Crippen MR) is 105 cm³/mol. The lowest BCUT2D eigenvalue weighted by Crippen LogP contribution is -2.40. The van der Waals surface area contributed by atoms with Crippen molar-refractivity contribution in [1.29, 1.82) is 0 Å². The third kappa shape index (κ3) is 4.01. The molecule has 1 aliphatic heterocycles. The minimum Gasteiger partial charge on any atom is -0.381 e. The van der Waals surface area contributed by atoms with Crippen LogP contribution >= 0.6 is 11.8 Å². The van der Waals surface area contributed by atoms with Gasteiger partial charge in [-0.1, -0.05) is 0 Å². The fourth-order valence-corrected chi connectivity index (χ4v) is 4.65. The highest BCUT2D eigenvalue weighted by Crippen LogP contribution is 2.31. The van der Waals surface area contributed by atoms with Crippen LogP contribution in [0, 0.1) is 11.6 Å². The van der Waals surface area contributed by atoms with Crippen molar-refractivity contribution < 1.29 is 18.3 Å². The maximum absolute atomic E-state index is 14.5. The molecular weight excluding hydrogens is 388 g/mol. The number of benzene rings is 1. The van der Waals surface area contributed by atoms with E-state index in [9.17, 15) is 13.6 Å². The number of hydrogen-bond acceptors (Lipinski definition) is 6. The molecule has 6 nitrogen and oxygen atoms in total. The van der Waals surface area contributed by atoms with Gasteiger partial charge in [0.1, 0.15) is 11.2 Å². The summed E-state index contributed by atoms with van der Waals surface area (Å²) in [6.07, 6.45) is 3.51. The zero-order chi connectivity index (χ0) is 19.7. The quantitative estimate of drug-likeness (QED) is 0.760. The number of aromatic nitrogens is 2. The number of methoxy groups -OCH3 is 1. The molecule has 28 heavy (non-hydrogen) atoms. The van der Waals surface area contributed by atoms with Gasteiger partial charge < -0.3 is 19.8 Å². The van der Waals surface area contributed by atoms with E-state index in [4.69, 9.17) is 9.47 Å². The molecule has 2 N–H and O–H groups in total. The highest BCUT2D eigenvalue weighted by Gasteiger charge is 2.30. The topological polar surface area (TPSA) is 76.2 Å². The van der Waals surface area contributed by atoms with Gasteiger partial charge in [0.05, 0.1) is 23.1 Å². The molecule has 1 aliphatic carbocycles. The highest BCUT2D eigenvalue weighted by molar-refractivity contribution is 7.99. The number of H-pyrrole nitrogens is 1. The van der Waals surface area contributed by atoms with E-state index in [1.807, 2.05) is 0 Å². The monoisotopic (exact) mass is 411 g/mol. The summed E-state index contributed by atoms with van der Waals surface area (Å²) in [4.78, 5) is 19.3. The van der Waals surface area contributed by atoms with Crippen LogP contribution in [-0.2, 0) is 15.2 Å². The van der Waals surface area contributed by atoms with Gasteiger partial charge in [0, 0.05) is 31.6 Å². The van der Waals surface area contributed by atoms with E-state index in [1.165, 1.54) is 6.07 Å². The van der Waals surface area contributed by atoms with E-state index in [1.54, 1.807) is 18.9 Å². The first kappa shape index (κ1) is 19.6. The number of halogens is 2.